The van der Waals surface area contributed by atoms with Crippen molar-refractivity contribution < 1.29 is 104 Å². The number of aliphatic carboxylic acids is 1. The summed E-state index contributed by atoms with van der Waals surface area (Å²) in [5.41, 5.74) is 0. The Hall–Kier alpha value is -2.79. The van der Waals surface area contributed by atoms with E-state index in [9.17, 15) is 75.7 Å². The summed E-state index contributed by atoms with van der Waals surface area (Å²) in [6.45, 7) is 2.17. The number of carboxylic acids is 1. The molecule has 3 aliphatic rings. The van der Waals surface area contributed by atoms with Crippen molar-refractivity contribution in [2.24, 2.45) is 0 Å². The van der Waals surface area contributed by atoms with Crippen LogP contribution >= 0.6 is 0 Å². The molecule has 0 saturated carbocycles. The van der Waals surface area contributed by atoms with Gasteiger partial charge in [-0.1, -0.05) is 205 Å². The predicted octanol–water partition coefficient (Wildman–Crippen LogP) is 6.06. The fourth-order valence-electron chi connectivity index (χ4n) is 12.1. The molecule has 3 rings (SSSR count). The van der Waals surface area contributed by atoms with E-state index in [1.54, 1.807) is 0 Å². The molecule has 0 aromatic rings. The van der Waals surface area contributed by atoms with Gasteiger partial charge >= 0.3 is 5.97 Å². The van der Waals surface area contributed by atoms with Crippen LogP contribution < -0.4 is 10.6 Å². The predicted molar refractivity (Wildman–Crippen MR) is 338 cm³/mol. The Morgan fingerprint density at radius 3 is 1.58 bits per heavy atom. The molecule has 3 aliphatic heterocycles. The number of carbonyl (C=O) groups is 3. The minimum atomic E-state index is -3.08. The zero-order valence-corrected chi connectivity index (χ0v) is 54.7. The number of rotatable bonds is 52. The molecule has 0 aromatic carbocycles. The summed E-state index contributed by atoms with van der Waals surface area (Å²) in [6, 6.07) is -2.53. The Morgan fingerprint density at radius 2 is 1.07 bits per heavy atom. The van der Waals surface area contributed by atoms with Crippen LogP contribution in [0.2, 0.25) is 0 Å². The summed E-state index contributed by atoms with van der Waals surface area (Å²) in [5.74, 6) is -6.11. The first-order chi connectivity index (χ1) is 43.4. The first-order valence-electron chi connectivity index (χ1n) is 34.7. The average molecular weight is 1290 g/mol. The summed E-state index contributed by atoms with van der Waals surface area (Å²) in [5, 5.41) is 136. The molecular formula is C67H122N2O21. The summed E-state index contributed by atoms with van der Waals surface area (Å²) in [7, 11) is 0. The molecule has 3 fully saturated rings. The molecule has 3 saturated heterocycles. The molecule has 0 radical (unpaired) electrons. The third-order valence-electron chi connectivity index (χ3n) is 17.7. The van der Waals surface area contributed by atoms with Crippen molar-refractivity contribution in [3.63, 3.8) is 0 Å². The van der Waals surface area contributed by atoms with Crippen molar-refractivity contribution >= 4 is 17.8 Å². The van der Waals surface area contributed by atoms with Crippen molar-refractivity contribution in [1.82, 2.24) is 10.6 Å². The standard InChI is InChI=1S/C67H122N2O21/c1-4-6-8-10-12-14-16-18-20-22-23-25-26-28-30-32-34-36-38-40-49(74)48(69-54(77)41-39-37-35-33-31-29-27-24-21-19-17-15-13-11-9-7-5-2)46-85-64-59(81)58(80)61(53(45-72)87-64)88-65-60(82)63(57(79)52(44-71)86-65)90-67(66(83)84)42-50(75)55(68-47(3)73)62(89-67)56(78)51(76)43-70/h13,15,19,21,48-53,55-65,70-72,74-76,78-82H,4-12,14,16-18,20,22-46H2,1-3H3,(H,68,73)(H,69,77)(H,83,84)/b15-13-,21-19-. The molecule has 23 heteroatoms. The number of carbonyl (C=O) groups excluding carboxylic acids is 2. The molecule has 18 atom stereocenters. The first-order valence-corrected chi connectivity index (χ1v) is 34.7. The SMILES string of the molecule is CCCCC/C=C\C/C=C\CCCCCCCCCC(=O)NC(COC1OC(CO)C(OC2OC(CO)C(O)C(OC3(C(=O)O)CC(O)C(NC(C)=O)C(C(O)C(O)CO)O3)C2O)C(O)C1O)C(O)CCCCCCCCCCCCCCCCCCCCC. The fraction of sp³-hybridized carbons (Fsp3) is 0.896. The molecule has 0 aliphatic carbocycles. The van der Waals surface area contributed by atoms with Gasteiger partial charge in [-0.05, 0) is 44.9 Å². The zero-order chi connectivity index (χ0) is 66.1. The Kier molecular flexibility index (Phi) is 43.4. The number of aliphatic hydroxyl groups excluding tert-OH is 11. The maximum atomic E-state index is 13.5. The van der Waals surface area contributed by atoms with E-state index in [2.05, 4.69) is 48.8 Å². The van der Waals surface area contributed by atoms with Gasteiger partial charge in [0, 0.05) is 19.8 Å². The number of unbranched alkanes of at least 4 members (excludes halogenated alkanes) is 28. The van der Waals surface area contributed by atoms with Crippen LogP contribution in [0.4, 0.5) is 0 Å². The van der Waals surface area contributed by atoms with Crippen LogP contribution in [0.5, 0.6) is 0 Å². The molecule has 0 bridgehead atoms. The number of carboxylic acid groups (broad SMARTS) is 1. The van der Waals surface area contributed by atoms with Crippen molar-refractivity contribution in [1.29, 1.82) is 0 Å². The fourth-order valence-corrected chi connectivity index (χ4v) is 12.1. The monoisotopic (exact) mass is 1290 g/mol. The molecular weight excluding hydrogens is 1170 g/mol. The van der Waals surface area contributed by atoms with Crippen LogP contribution in [0.3, 0.4) is 0 Å². The van der Waals surface area contributed by atoms with E-state index in [4.69, 9.17) is 28.4 Å². The lowest BCUT2D eigenvalue weighted by atomic mass is 9.88. The van der Waals surface area contributed by atoms with Gasteiger partial charge in [0.15, 0.2) is 12.6 Å². The minimum Gasteiger partial charge on any atom is -0.477 e. The molecule has 23 nitrogen and oxygen atoms in total. The number of hydrogen-bond acceptors (Lipinski definition) is 20. The van der Waals surface area contributed by atoms with Gasteiger partial charge in [-0.2, -0.15) is 0 Å². The van der Waals surface area contributed by atoms with Crippen molar-refractivity contribution in [2.45, 2.75) is 355 Å². The summed E-state index contributed by atoms with van der Waals surface area (Å²) >= 11 is 0. The smallest absolute Gasteiger partial charge is 0.364 e. The van der Waals surface area contributed by atoms with Gasteiger partial charge < -0.3 is 100 Å². The van der Waals surface area contributed by atoms with Gasteiger partial charge in [-0.3, -0.25) is 9.59 Å². The third-order valence-corrected chi connectivity index (χ3v) is 17.7. The Bertz CT molecular complexity index is 1920. The van der Waals surface area contributed by atoms with Gasteiger partial charge in [0.05, 0.1) is 50.7 Å². The summed E-state index contributed by atoms with van der Waals surface area (Å²) in [4.78, 5) is 38.5. The van der Waals surface area contributed by atoms with Crippen LogP contribution in [0.15, 0.2) is 24.3 Å². The number of allylic oxidation sites excluding steroid dienone is 4. The van der Waals surface area contributed by atoms with E-state index in [1.807, 2.05) is 0 Å². The highest BCUT2D eigenvalue weighted by atomic mass is 16.8. The number of nitrogens with one attached hydrogen (secondary N) is 2. The largest absolute Gasteiger partial charge is 0.477 e. The van der Waals surface area contributed by atoms with Crippen LogP contribution in [0.25, 0.3) is 0 Å². The zero-order valence-electron chi connectivity index (χ0n) is 54.7. The van der Waals surface area contributed by atoms with E-state index < -0.39 is 148 Å². The Balaban J connectivity index is 1.60. The molecule has 3 heterocycles. The molecule has 18 unspecified atom stereocenters. The molecule has 0 spiro atoms. The number of aliphatic hydroxyl groups is 11. The number of hydrogen-bond donors (Lipinski definition) is 14. The molecule has 526 valence electrons. The lowest BCUT2D eigenvalue weighted by molar-refractivity contribution is -0.386. The van der Waals surface area contributed by atoms with Gasteiger partial charge in [-0.15, -0.1) is 0 Å². The average Bonchev–Trinajstić information content (AvgIpc) is 0.837. The van der Waals surface area contributed by atoms with Gasteiger partial charge in [0.2, 0.25) is 11.8 Å². The van der Waals surface area contributed by atoms with Crippen molar-refractivity contribution in [3.05, 3.63) is 24.3 Å². The van der Waals surface area contributed by atoms with Gasteiger partial charge in [0.25, 0.3) is 5.79 Å². The lowest BCUT2D eigenvalue weighted by Gasteiger charge is -2.50. The van der Waals surface area contributed by atoms with Crippen LogP contribution in [0, 0.1) is 0 Å². The van der Waals surface area contributed by atoms with Crippen molar-refractivity contribution in [2.75, 3.05) is 26.4 Å². The van der Waals surface area contributed by atoms with E-state index in [1.165, 1.54) is 109 Å². The molecule has 90 heavy (non-hydrogen) atoms. The second-order valence-corrected chi connectivity index (χ2v) is 25.4. The minimum absolute atomic E-state index is 0.214. The van der Waals surface area contributed by atoms with Gasteiger partial charge in [0.1, 0.15) is 67.1 Å². The highest BCUT2D eigenvalue weighted by Crippen LogP contribution is 2.39. The number of ether oxygens (including phenoxy) is 6. The maximum Gasteiger partial charge on any atom is 0.364 e. The third kappa shape index (κ3) is 30.3. The van der Waals surface area contributed by atoms with Crippen LogP contribution in [-0.2, 0) is 42.8 Å². The van der Waals surface area contributed by atoms with Crippen molar-refractivity contribution in [3.8, 4) is 0 Å². The second-order valence-electron chi connectivity index (χ2n) is 25.4. The van der Waals surface area contributed by atoms with Crippen LogP contribution in [-0.4, -0.2) is 215 Å². The lowest BCUT2D eigenvalue weighted by Crippen LogP contribution is -2.70. The second kappa shape index (κ2) is 48.0. The normalized spacial score (nSPS) is 28.7. The maximum absolute atomic E-state index is 13.5. The van der Waals surface area contributed by atoms with E-state index in [0.717, 1.165) is 90.4 Å². The van der Waals surface area contributed by atoms with Crippen LogP contribution in [0.1, 0.15) is 245 Å². The molecule has 0 aromatic heterocycles. The first kappa shape index (κ1) is 81.4. The van der Waals surface area contributed by atoms with E-state index in [0.29, 0.717) is 19.3 Å². The number of amides is 2. The molecule has 2 amide bonds. The summed E-state index contributed by atoms with van der Waals surface area (Å²) < 4.78 is 34.8. The van der Waals surface area contributed by atoms with Gasteiger partial charge in [-0.25, -0.2) is 4.79 Å². The molecule has 14 N–H and O–H groups in total. The highest BCUT2D eigenvalue weighted by Gasteiger charge is 2.60. The topological polar surface area (TPSA) is 373 Å². The van der Waals surface area contributed by atoms with E-state index in [-0.39, 0.29) is 18.9 Å². The Morgan fingerprint density at radius 1 is 0.578 bits per heavy atom. The quantitative estimate of drug-likeness (QED) is 0.0243. The van der Waals surface area contributed by atoms with E-state index >= 15 is 0 Å². The Labute approximate surface area is 536 Å². The highest BCUT2D eigenvalue weighted by molar-refractivity contribution is 5.77. The summed E-state index contributed by atoms with van der Waals surface area (Å²) in [6.07, 6.45) is 17.4.